The van der Waals surface area contributed by atoms with Gasteiger partial charge in [0.2, 0.25) is 5.95 Å². The van der Waals surface area contributed by atoms with E-state index in [9.17, 15) is 0 Å². The molecule has 1 aliphatic rings. The first-order valence-corrected chi connectivity index (χ1v) is 9.95. The summed E-state index contributed by atoms with van der Waals surface area (Å²) in [6.45, 7) is 1.99. The molecule has 3 aromatic rings. The Hall–Kier alpha value is -3.28. The molecule has 1 aliphatic heterocycles. The van der Waals surface area contributed by atoms with Crippen molar-refractivity contribution in [2.45, 2.75) is 19.3 Å². The zero-order chi connectivity index (χ0) is 20.1. The molecule has 0 aliphatic carbocycles. The number of methoxy groups -OCH3 is 2. The third kappa shape index (κ3) is 4.42. The molecule has 1 N–H and O–H groups in total. The summed E-state index contributed by atoms with van der Waals surface area (Å²) in [6.07, 6.45) is 3.63. The molecule has 0 bridgehead atoms. The first-order valence-electron chi connectivity index (χ1n) is 9.95. The second-order valence-corrected chi connectivity index (χ2v) is 7.05. The standard InChI is InChI=1S/C23H26N4O2/c1-28-20-12-11-18(15-21(20)29-2)24-22-16-19(17-9-5-3-6-10-17)25-23(26-22)27-13-7-4-8-14-27/h3,5-6,9-12,15-16H,4,7-8,13-14H2,1-2H3,(H,24,25,26). The number of piperidine rings is 1. The largest absolute Gasteiger partial charge is 0.493 e. The normalized spacial score (nSPS) is 13.8. The van der Waals surface area contributed by atoms with Gasteiger partial charge in [0.05, 0.1) is 19.9 Å². The van der Waals surface area contributed by atoms with E-state index in [0.29, 0.717) is 11.5 Å². The first-order chi connectivity index (χ1) is 14.3. The number of nitrogens with one attached hydrogen (secondary N) is 1. The summed E-state index contributed by atoms with van der Waals surface area (Å²) in [5.74, 6) is 2.89. The van der Waals surface area contributed by atoms with Crippen molar-refractivity contribution in [2.75, 3.05) is 37.5 Å². The number of ether oxygens (including phenoxy) is 2. The van der Waals surface area contributed by atoms with Crippen molar-refractivity contribution in [2.24, 2.45) is 0 Å². The highest BCUT2D eigenvalue weighted by molar-refractivity contribution is 5.68. The summed E-state index contributed by atoms with van der Waals surface area (Å²) in [4.78, 5) is 11.9. The van der Waals surface area contributed by atoms with E-state index in [1.54, 1.807) is 14.2 Å². The van der Waals surface area contributed by atoms with E-state index in [0.717, 1.165) is 41.8 Å². The van der Waals surface area contributed by atoms with Gasteiger partial charge in [0.1, 0.15) is 5.82 Å². The Labute approximate surface area is 171 Å². The van der Waals surface area contributed by atoms with Crippen molar-refractivity contribution in [3.05, 3.63) is 54.6 Å². The highest BCUT2D eigenvalue weighted by Crippen LogP contribution is 2.32. The summed E-state index contributed by atoms with van der Waals surface area (Å²) >= 11 is 0. The fourth-order valence-electron chi connectivity index (χ4n) is 3.55. The minimum Gasteiger partial charge on any atom is -0.493 e. The third-order valence-electron chi connectivity index (χ3n) is 5.08. The summed E-state index contributed by atoms with van der Waals surface area (Å²) in [5.41, 5.74) is 2.86. The van der Waals surface area contributed by atoms with Crippen LogP contribution in [0.2, 0.25) is 0 Å². The van der Waals surface area contributed by atoms with Crippen molar-refractivity contribution in [3.63, 3.8) is 0 Å². The van der Waals surface area contributed by atoms with Gasteiger partial charge in [-0.3, -0.25) is 0 Å². The molecule has 0 saturated carbocycles. The molecular weight excluding hydrogens is 364 g/mol. The lowest BCUT2D eigenvalue weighted by Gasteiger charge is -2.27. The zero-order valence-corrected chi connectivity index (χ0v) is 16.9. The number of hydrogen-bond acceptors (Lipinski definition) is 6. The van der Waals surface area contributed by atoms with Gasteiger partial charge in [0.15, 0.2) is 11.5 Å². The van der Waals surface area contributed by atoms with Gasteiger partial charge in [-0.2, -0.15) is 4.98 Å². The first kappa shape index (κ1) is 19.1. The van der Waals surface area contributed by atoms with Gasteiger partial charge in [-0.15, -0.1) is 0 Å². The molecule has 6 nitrogen and oxygen atoms in total. The van der Waals surface area contributed by atoms with E-state index in [4.69, 9.17) is 19.4 Å². The maximum absolute atomic E-state index is 5.42. The van der Waals surface area contributed by atoms with Gasteiger partial charge < -0.3 is 19.7 Å². The number of anilines is 3. The molecule has 0 unspecified atom stereocenters. The predicted octanol–water partition coefficient (Wildman–Crippen LogP) is 4.89. The molecule has 0 spiro atoms. The number of benzene rings is 2. The minimum absolute atomic E-state index is 0.672. The van der Waals surface area contributed by atoms with E-state index in [-0.39, 0.29) is 0 Å². The lowest BCUT2D eigenvalue weighted by Crippen LogP contribution is -2.31. The van der Waals surface area contributed by atoms with Crippen LogP contribution in [0.25, 0.3) is 11.3 Å². The van der Waals surface area contributed by atoms with Crippen LogP contribution < -0.4 is 19.7 Å². The van der Waals surface area contributed by atoms with E-state index in [1.165, 1.54) is 19.3 Å². The smallest absolute Gasteiger partial charge is 0.227 e. The number of aromatic nitrogens is 2. The highest BCUT2D eigenvalue weighted by Gasteiger charge is 2.16. The van der Waals surface area contributed by atoms with Crippen LogP contribution in [-0.4, -0.2) is 37.3 Å². The van der Waals surface area contributed by atoms with Crippen LogP contribution in [0, 0.1) is 0 Å². The van der Waals surface area contributed by atoms with Crippen molar-refractivity contribution in [1.29, 1.82) is 0 Å². The Morgan fingerprint density at radius 2 is 1.59 bits per heavy atom. The van der Waals surface area contributed by atoms with Crippen LogP contribution in [0.5, 0.6) is 11.5 Å². The van der Waals surface area contributed by atoms with Crippen molar-refractivity contribution < 1.29 is 9.47 Å². The van der Waals surface area contributed by atoms with Crippen LogP contribution in [0.3, 0.4) is 0 Å². The monoisotopic (exact) mass is 390 g/mol. The van der Waals surface area contributed by atoms with E-state index >= 15 is 0 Å². The molecule has 29 heavy (non-hydrogen) atoms. The average molecular weight is 390 g/mol. The Kier molecular flexibility index (Phi) is 5.79. The summed E-state index contributed by atoms with van der Waals surface area (Å²) in [6, 6.07) is 17.9. The molecule has 0 amide bonds. The van der Waals surface area contributed by atoms with Gasteiger partial charge in [0.25, 0.3) is 0 Å². The topological polar surface area (TPSA) is 59.5 Å². The van der Waals surface area contributed by atoms with E-state index in [1.807, 2.05) is 42.5 Å². The SMILES string of the molecule is COc1ccc(Nc2cc(-c3ccccc3)nc(N3CCCCC3)n2)cc1OC. The lowest BCUT2D eigenvalue weighted by atomic mass is 10.1. The summed E-state index contributed by atoms with van der Waals surface area (Å²) in [5, 5.41) is 3.41. The second kappa shape index (κ2) is 8.82. The van der Waals surface area contributed by atoms with Crippen LogP contribution >= 0.6 is 0 Å². The number of hydrogen-bond donors (Lipinski definition) is 1. The maximum atomic E-state index is 5.42. The minimum atomic E-state index is 0.672. The third-order valence-corrected chi connectivity index (χ3v) is 5.08. The van der Waals surface area contributed by atoms with Crippen LogP contribution in [0.15, 0.2) is 54.6 Å². The maximum Gasteiger partial charge on any atom is 0.227 e. The van der Waals surface area contributed by atoms with Crippen LogP contribution in [0.4, 0.5) is 17.5 Å². The zero-order valence-electron chi connectivity index (χ0n) is 16.9. The quantitative estimate of drug-likeness (QED) is 0.646. The van der Waals surface area contributed by atoms with Crippen LogP contribution in [0.1, 0.15) is 19.3 Å². The number of nitrogens with zero attached hydrogens (tertiary/aromatic N) is 3. The molecular formula is C23H26N4O2. The molecule has 1 saturated heterocycles. The highest BCUT2D eigenvalue weighted by atomic mass is 16.5. The second-order valence-electron chi connectivity index (χ2n) is 7.05. The molecule has 150 valence electrons. The van der Waals surface area contributed by atoms with Crippen molar-refractivity contribution in [1.82, 2.24) is 9.97 Å². The van der Waals surface area contributed by atoms with E-state index < -0.39 is 0 Å². The van der Waals surface area contributed by atoms with Gasteiger partial charge in [-0.05, 0) is 31.4 Å². The molecule has 0 atom stereocenters. The van der Waals surface area contributed by atoms with Crippen molar-refractivity contribution >= 4 is 17.5 Å². The predicted molar refractivity (Wildman–Crippen MR) is 116 cm³/mol. The fourth-order valence-corrected chi connectivity index (χ4v) is 3.55. The molecule has 2 aromatic carbocycles. The Morgan fingerprint density at radius 1 is 0.828 bits per heavy atom. The Balaban J connectivity index is 1.70. The lowest BCUT2D eigenvalue weighted by molar-refractivity contribution is 0.355. The fraction of sp³-hybridized carbons (Fsp3) is 0.304. The van der Waals surface area contributed by atoms with Gasteiger partial charge in [0, 0.05) is 36.5 Å². The van der Waals surface area contributed by atoms with Gasteiger partial charge >= 0.3 is 0 Å². The Bertz CT molecular complexity index is 956. The Morgan fingerprint density at radius 3 is 2.31 bits per heavy atom. The number of rotatable bonds is 6. The van der Waals surface area contributed by atoms with Crippen LogP contribution in [-0.2, 0) is 0 Å². The molecule has 1 fully saturated rings. The van der Waals surface area contributed by atoms with Gasteiger partial charge in [-0.25, -0.2) is 4.98 Å². The molecule has 0 radical (unpaired) electrons. The van der Waals surface area contributed by atoms with E-state index in [2.05, 4.69) is 22.3 Å². The van der Waals surface area contributed by atoms with Gasteiger partial charge in [-0.1, -0.05) is 30.3 Å². The molecule has 1 aromatic heterocycles. The summed E-state index contributed by atoms with van der Waals surface area (Å²) in [7, 11) is 3.26. The summed E-state index contributed by atoms with van der Waals surface area (Å²) < 4.78 is 10.8. The average Bonchev–Trinajstić information content (AvgIpc) is 2.80. The molecule has 2 heterocycles. The molecule has 4 rings (SSSR count). The van der Waals surface area contributed by atoms with Crippen molar-refractivity contribution in [3.8, 4) is 22.8 Å². The molecule has 6 heteroatoms.